The molecule has 0 aromatic rings. The number of aliphatic hydroxyl groups excluding tert-OH is 1. The number of hydrogen-bond donors (Lipinski definition) is 2. The molecule has 1 fully saturated rings. The van der Waals surface area contributed by atoms with E-state index in [4.69, 9.17) is 5.11 Å². The summed E-state index contributed by atoms with van der Waals surface area (Å²) < 4.78 is 0. The molecule has 4 heteroatoms. The molecule has 3 nitrogen and oxygen atoms in total. The highest BCUT2D eigenvalue weighted by Gasteiger charge is 2.31. The number of amides is 1. The van der Waals surface area contributed by atoms with Crippen LogP contribution in [-0.4, -0.2) is 40.9 Å². The van der Waals surface area contributed by atoms with Crippen molar-refractivity contribution in [2.24, 2.45) is 5.92 Å². The molecule has 1 rings (SSSR count). The second-order valence-corrected chi connectivity index (χ2v) is 3.70. The van der Waals surface area contributed by atoms with Gasteiger partial charge in [0, 0.05) is 13.0 Å². The minimum Gasteiger partial charge on any atom is -0.394 e. The van der Waals surface area contributed by atoms with Crippen LogP contribution in [0.1, 0.15) is 13.3 Å². The summed E-state index contributed by atoms with van der Waals surface area (Å²) in [6.45, 7) is 2.66. The molecule has 0 bridgehead atoms. The highest BCUT2D eigenvalue weighted by molar-refractivity contribution is 7.80. The number of aliphatic hydroxyl groups is 1. The summed E-state index contributed by atoms with van der Waals surface area (Å²) in [5.74, 6) is 1.27. The Labute approximate surface area is 78.2 Å². The van der Waals surface area contributed by atoms with Gasteiger partial charge < -0.3 is 10.0 Å². The van der Waals surface area contributed by atoms with Crippen LogP contribution in [0.2, 0.25) is 0 Å². The molecule has 1 saturated heterocycles. The van der Waals surface area contributed by atoms with Crippen LogP contribution >= 0.6 is 12.6 Å². The standard InChI is InChI=1S/C8H15NO2S/c1-6(4-10)9-3-7(5-12)2-8(9)11/h6-7,10,12H,2-5H2,1H3/t6-,7?/m0/s1. The van der Waals surface area contributed by atoms with E-state index in [0.717, 1.165) is 12.3 Å². The van der Waals surface area contributed by atoms with Crippen molar-refractivity contribution in [3.63, 3.8) is 0 Å². The third kappa shape index (κ3) is 1.93. The van der Waals surface area contributed by atoms with Crippen LogP contribution in [0.5, 0.6) is 0 Å². The van der Waals surface area contributed by atoms with Gasteiger partial charge in [0.1, 0.15) is 0 Å². The fourth-order valence-electron chi connectivity index (χ4n) is 1.46. The van der Waals surface area contributed by atoms with E-state index < -0.39 is 0 Å². The number of carbonyl (C=O) groups is 1. The molecule has 0 aromatic heterocycles. The van der Waals surface area contributed by atoms with Crippen molar-refractivity contribution in [1.29, 1.82) is 0 Å². The predicted octanol–water partition coefficient (Wildman–Crippen LogP) is 0.146. The van der Waals surface area contributed by atoms with E-state index in [2.05, 4.69) is 12.6 Å². The first kappa shape index (κ1) is 9.86. The Hall–Kier alpha value is -0.220. The van der Waals surface area contributed by atoms with Crippen LogP contribution in [0.25, 0.3) is 0 Å². The van der Waals surface area contributed by atoms with Crippen molar-refractivity contribution >= 4 is 18.5 Å². The first-order chi connectivity index (χ1) is 5.69. The summed E-state index contributed by atoms with van der Waals surface area (Å²) >= 11 is 4.15. The highest BCUT2D eigenvalue weighted by atomic mass is 32.1. The number of carbonyl (C=O) groups excluding carboxylic acids is 1. The lowest BCUT2D eigenvalue weighted by Gasteiger charge is -2.22. The molecule has 1 heterocycles. The summed E-state index contributed by atoms with van der Waals surface area (Å²) in [5, 5.41) is 8.86. The third-order valence-corrected chi connectivity index (χ3v) is 2.81. The Morgan fingerprint density at radius 1 is 1.83 bits per heavy atom. The molecule has 2 atom stereocenters. The van der Waals surface area contributed by atoms with Gasteiger partial charge in [-0.3, -0.25) is 4.79 Å². The Bertz CT molecular complexity index is 174. The molecule has 1 unspecified atom stereocenters. The van der Waals surface area contributed by atoms with Crippen LogP contribution in [0.4, 0.5) is 0 Å². The van der Waals surface area contributed by atoms with Crippen molar-refractivity contribution < 1.29 is 9.90 Å². The topological polar surface area (TPSA) is 40.5 Å². The van der Waals surface area contributed by atoms with E-state index in [1.165, 1.54) is 0 Å². The fraction of sp³-hybridized carbons (Fsp3) is 0.875. The van der Waals surface area contributed by atoms with Gasteiger partial charge in [0.15, 0.2) is 0 Å². The SMILES string of the molecule is C[C@@H](CO)N1CC(CS)CC1=O. The molecule has 70 valence electrons. The van der Waals surface area contributed by atoms with Gasteiger partial charge in [-0.2, -0.15) is 12.6 Å². The first-order valence-electron chi connectivity index (χ1n) is 4.20. The summed E-state index contributed by atoms with van der Waals surface area (Å²) in [5.41, 5.74) is 0. The van der Waals surface area contributed by atoms with Crippen LogP contribution in [0, 0.1) is 5.92 Å². The van der Waals surface area contributed by atoms with Crippen molar-refractivity contribution in [3.8, 4) is 0 Å². The van der Waals surface area contributed by atoms with Crippen LogP contribution in [0.15, 0.2) is 0 Å². The van der Waals surface area contributed by atoms with Gasteiger partial charge in [0.25, 0.3) is 0 Å². The fourth-order valence-corrected chi connectivity index (χ4v) is 1.70. The Kier molecular flexibility index (Phi) is 3.40. The highest BCUT2D eigenvalue weighted by Crippen LogP contribution is 2.20. The normalized spacial score (nSPS) is 26.4. The average molecular weight is 189 g/mol. The molecule has 12 heavy (non-hydrogen) atoms. The molecular formula is C8H15NO2S. The Balaban J connectivity index is 2.51. The minimum absolute atomic E-state index is 0.0395. The molecular weight excluding hydrogens is 174 g/mol. The van der Waals surface area contributed by atoms with Crippen molar-refractivity contribution in [1.82, 2.24) is 4.90 Å². The zero-order chi connectivity index (χ0) is 9.14. The van der Waals surface area contributed by atoms with E-state index in [1.807, 2.05) is 6.92 Å². The average Bonchev–Trinajstić information content (AvgIpc) is 2.45. The van der Waals surface area contributed by atoms with Gasteiger partial charge in [-0.25, -0.2) is 0 Å². The maximum Gasteiger partial charge on any atom is 0.223 e. The lowest BCUT2D eigenvalue weighted by molar-refractivity contribution is -0.130. The molecule has 1 aliphatic heterocycles. The third-order valence-electron chi connectivity index (χ3n) is 2.29. The second-order valence-electron chi connectivity index (χ2n) is 3.33. The van der Waals surface area contributed by atoms with Crippen molar-refractivity contribution in [3.05, 3.63) is 0 Å². The molecule has 1 aliphatic rings. The van der Waals surface area contributed by atoms with Gasteiger partial charge in [0.05, 0.1) is 12.6 Å². The van der Waals surface area contributed by atoms with E-state index in [0.29, 0.717) is 12.3 Å². The van der Waals surface area contributed by atoms with Gasteiger partial charge in [-0.15, -0.1) is 0 Å². The number of rotatable bonds is 3. The molecule has 1 amide bonds. The zero-order valence-corrected chi connectivity index (χ0v) is 8.13. The Morgan fingerprint density at radius 3 is 2.92 bits per heavy atom. The molecule has 0 radical (unpaired) electrons. The smallest absolute Gasteiger partial charge is 0.223 e. The molecule has 0 aromatic carbocycles. The van der Waals surface area contributed by atoms with Crippen molar-refractivity contribution in [2.75, 3.05) is 18.9 Å². The van der Waals surface area contributed by atoms with E-state index >= 15 is 0 Å². The lowest BCUT2D eigenvalue weighted by Crippen LogP contribution is -2.36. The molecule has 1 N–H and O–H groups in total. The van der Waals surface area contributed by atoms with Gasteiger partial charge in [-0.1, -0.05) is 0 Å². The monoisotopic (exact) mass is 189 g/mol. The van der Waals surface area contributed by atoms with Gasteiger partial charge in [-0.05, 0) is 18.6 Å². The number of thiol groups is 1. The van der Waals surface area contributed by atoms with E-state index in [9.17, 15) is 4.79 Å². The summed E-state index contributed by atoms with van der Waals surface area (Å²) in [6.07, 6.45) is 0.591. The number of nitrogens with zero attached hydrogens (tertiary/aromatic N) is 1. The maximum atomic E-state index is 11.3. The van der Waals surface area contributed by atoms with Crippen LogP contribution in [0.3, 0.4) is 0 Å². The van der Waals surface area contributed by atoms with Crippen molar-refractivity contribution in [2.45, 2.75) is 19.4 Å². The van der Waals surface area contributed by atoms with Gasteiger partial charge in [0.2, 0.25) is 5.91 Å². The van der Waals surface area contributed by atoms with E-state index in [-0.39, 0.29) is 18.6 Å². The second kappa shape index (κ2) is 4.14. The molecule has 0 spiro atoms. The molecule has 0 aliphatic carbocycles. The Morgan fingerprint density at radius 2 is 2.50 bits per heavy atom. The summed E-state index contributed by atoms with van der Waals surface area (Å²) in [6, 6.07) is -0.0395. The predicted molar refractivity (Wildman–Crippen MR) is 50.2 cm³/mol. The van der Waals surface area contributed by atoms with Gasteiger partial charge >= 0.3 is 0 Å². The first-order valence-corrected chi connectivity index (χ1v) is 4.83. The minimum atomic E-state index is -0.0395. The lowest BCUT2D eigenvalue weighted by atomic mass is 10.1. The zero-order valence-electron chi connectivity index (χ0n) is 7.23. The quantitative estimate of drug-likeness (QED) is 0.620. The van der Waals surface area contributed by atoms with Crippen LogP contribution < -0.4 is 0 Å². The number of hydrogen-bond acceptors (Lipinski definition) is 3. The molecule has 0 saturated carbocycles. The largest absolute Gasteiger partial charge is 0.394 e. The maximum absolute atomic E-state index is 11.3. The van der Waals surface area contributed by atoms with Crippen LogP contribution in [-0.2, 0) is 4.79 Å². The van der Waals surface area contributed by atoms with E-state index in [1.54, 1.807) is 4.90 Å². The summed E-state index contributed by atoms with van der Waals surface area (Å²) in [7, 11) is 0. The number of likely N-dealkylation sites (tertiary alicyclic amines) is 1. The summed E-state index contributed by atoms with van der Waals surface area (Å²) in [4.78, 5) is 13.1.